The quantitative estimate of drug-likeness (QED) is 0.359. The van der Waals surface area contributed by atoms with Crippen LogP contribution in [-0.4, -0.2) is 13.1 Å². The molecule has 0 bridgehead atoms. The van der Waals surface area contributed by atoms with Gasteiger partial charge in [-0.15, -0.1) is 0 Å². The normalized spacial score (nSPS) is 10.8. The Morgan fingerprint density at radius 3 is 2.61 bits per heavy atom. The summed E-state index contributed by atoms with van der Waals surface area (Å²) in [6.45, 7) is 1.91. The first-order chi connectivity index (χ1) is 13.5. The lowest BCUT2D eigenvalue weighted by atomic mass is 10.0. The van der Waals surface area contributed by atoms with Gasteiger partial charge in [0.2, 0.25) is 0 Å². The molecule has 4 rings (SSSR count). The standard InChI is InChI=1S/C22H16O5S/c1-13-5-3-7-15(9-13)21(23)26-17-11-18(14-6-4-8-16(10-14)25-2)20-19(12-17)28-22(24)27-20/h3-12H,1-2H3. The Hall–Kier alpha value is -3.38. The fourth-order valence-electron chi connectivity index (χ4n) is 2.95. The lowest BCUT2D eigenvalue weighted by Crippen LogP contribution is -2.08. The molecule has 1 aromatic heterocycles. The third-order valence-corrected chi connectivity index (χ3v) is 5.03. The van der Waals surface area contributed by atoms with Crippen molar-refractivity contribution in [3.05, 3.63) is 81.5 Å². The summed E-state index contributed by atoms with van der Waals surface area (Å²) in [5, 5.41) is 0. The first-order valence-corrected chi connectivity index (χ1v) is 9.36. The Bertz CT molecular complexity index is 1240. The van der Waals surface area contributed by atoms with E-state index < -0.39 is 10.9 Å². The van der Waals surface area contributed by atoms with Crippen LogP contribution in [0.25, 0.3) is 21.4 Å². The highest BCUT2D eigenvalue weighted by Gasteiger charge is 2.16. The van der Waals surface area contributed by atoms with Crippen LogP contribution in [0.1, 0.15) is 15.9 Å². The van der Waals surface area contributed by atoms with Gasteiger partial charge in [-0.1, -0.05) is 41.2 Å². The van der Waals surface area contributed by atoms with Gasteiger partial charge in [-0.05, 0) is 42.8 Å². The molecule has 0 radical (unpaired) electrons. The highest BCUT2D eigenvalue weighted by atomic mass is 32.1. The molecular formula is C22H16O5S. The third-order valence-electron chi connectivity index (χ3n) is 4.25. The van der Waals surface area contributed by atoms with Gasteiger partial charge in [0.1, 0.15) is 11.5 Å². The van der Waals surface area contributed by atoms with E-state index in [2.05, 4.69) is 0 Å². The van der Waals surface area contributed by atoms with E-state index in [4.69, 9.17) is 13.9 Å². The second kappa shape index (κ2) is 7.32. The minimum atomic E-state index is -0.463. The molecule has 3 aromatic carbocycles. The van der Waals surface area contributed by atoms with Crippen molar-refractivity contribution in [1.29, 1.82) is 0 Å². The van der Waals surface area contributed by atoms with E-state index in [1.165, 1.54) is 0 Å². The van der Waals surface area contributed by atoms with Crippen LogP contribution in [0.3, 0.4) is 0 Å². The highest BCUT2D eigenvalue weighted by Crippen LogP contribution is 2.35. The SMILES string of the molecule is COc1cccc(-c2cc(OC(=O)c3cccc(C)c3)cc3sc(=O)oc23)c1. The minimum absolute atomic E-state index is 0.342. The van der Waals surface area contributed by atoms with Crippen LogP contribution in [0.5, 0.6) is 11.5 Å². The second-order valence-corrected chi connectivity index (χ2v) is 7.22. The number of esters is 1. The second-order valence-electron chi connectivity index (χ2n) is 6.24. The molecule has 0 aliphatic heterocycles. The van der Waals surface area contributed by atoms with Crippen LogP contribution in [-0.2, 0) is 0 Å². The van der Waals surface area contributed by atoms with Gasteiger partial charge in [-0.25, -0.2) is 9.59 Å². The third kappa shape index (κ3) is 3.54. The fourth-order valence-corrected chi connectivity index (χ4v) is 3.68. The van der Waals surface area contributed by atoms with Gasteiger partial charge in [-0.3, -0.25) is 0 Å². The molecule has 28 heavy (non-hydrogen) atoms. The van der Waals surface area contributed by atoms with E-state index in [0.717, 1.165) is 22.5 Å². The summed E-state index contributed by atoms with van der Waals surface area (Å²) < 4.78 is 16.8. The summed E-state index contributed by atoms with van der Waals surface area (Å²) in [7, 11) is 1.58. The van der Waals surface area contributed by atoms with Gasteiger partial charge in [0.15, 0.2) is 5.58 Å². The Kier molecular flexibility index (Phi) is 4.71. The van der Waals surface area contributed by atoms with Crippen molar-refractivity contribution >= 4 is 27.6 Å². The van der Waals surface area contributed by atoms with Crippen LogP contribution >= 0.6 is 11.3 Å². The first kappa shape index (κ1) is 18.0. The number of rotatable bonds is 4. The number of hydrogen-bond donors (Lipinski definition) is 0. The molecule has 0 saturated heterocycles. The largest absolute Gasteiger partial charge is 0.497 e. The number of fused-ring (bicyclic) bond motifs is 1. The van der Waals surface area contributed by atoms with Gasteiger partial charge in [-0.2, -0.15) is 0 Å². The molecule has 0 spiro atoms. The molecule has 0 N–H and O–H groups in total. The predicted octanol–water partition coefficient (Wildman–Crippen LogP) is 5.06. The van der Waals surface area contributed by atoms with E-state index in [0.29, 0.717) is 32.9 Å². The predicted molar refractivity (Wildman–Crippen MR) is 108 cm³/mol. The zero-order chi connectivity index (χ0) is 19.7. The fraction of sp³-hybridized carbons (Fsp3) is 0.0909. The number of hydrogen-bond acceptors (Lipinski definition) is 6. The smallest absolute Gasteiger partial charge is 0.396 e. The molecule has 0 amide bonds. The van der Waals surface area contributed by atoms with Gasteiger partial charge >= 0.3 is 10.9 Å². The summed E-state index contributed by atoms with van der Waals surface area (Å²) in [4.78, 5) is 23.9. The molecule has 0 unspecified atom stereocenters. The Balaban J connectivity index is 1.79. The molecule has 6 heteroatoms. The summed E-state index contributed by atoms with van der Waals surface area (Å²) in [5.74, 6) is 0.551. The Labute approximate surface area is 164 Å². The molecule has 4 aromatic rings. The van der Waals surface area contributed by atoms with E-state index in [1.54, 1.807) is 37.4 Å². The molecule has 0 saturated carbocycles. The molecule has 0 fully saturated rings. The van der Waals surface area contributed by atoms with Crippen LogP contribution in [0, 0.1) is 6.92 Å². The first-order valence-electron chi connectivity index (χ1n) is 8.54. The number of carbonyl (C=O) groups excluding carboxylic acids is 1. The van der Waals surface area contributed by atoms with E-state index in [1.807, 2.05) is 37.3 Å². The maximum absolute atomic E-state index is 12.5. The van der Waals surface area contributed by atoms with Gasteiger partial charge < -0.3 is 13.9 Å². The topological polar surface area (TPSA) is 65.7 Å². The zero-order valence-corrected chi connectivity index (χ0v) is 16.0. The van der Waals surface area contributed by atoms with Gasteiger partial charge in [0, 0.05) is 11.6 Å². The van der Waals surface area contributed by atoms with Gasteiger partial charge in [0.25, 0.3) is 0 Å². The molecule has 0 atom stereocenters. The van der Waals surface area contributed by atoms with Crippen molar-refractivity contribution in [3.8, 4) is 22.6 Å². The van der Waals surface area contributed by atoms with E-state index in [-0.39, 0.29) is 0 Å². The van der Waals surface area contributed by atoms with Crippen molar-refractivity contribution < 1.29 is 18.7 Å². The summed E-state index contributed by atoms with van der Waals surface area (Å²) in [5.41, 5.74) is 3.33. The zero-order valence-electron chi connectivity index (χ0n) is 15.2. The number of methoxy groups -OCH3 is 1. The molecule has 5 nitrogen and oxygen atoms in total. The van der Waals surface area contributed by atoms with Crippen molar-refractivity contribution in [2.24, 2.45) is 0 Å². The number of ether oxygens (including phenoxy) is 2. The van der Waals surface area contributed by atoms with E-state index >= 15 is 0 Å². The summed E-state index contributed by atoms with van der Waals surface area (Å²) in [6.07, 6.45) is 0. The van der Waals surface area contributed by atoms with Crippen molar-refractivity contribution in [3.63, 3.8) is 0 Å². The molecule has 140 valence electrons. The average Bonchev–Trinajstić information content (AvgIpc) is 3.07. The van der Waals surface area contributed by atoms with Crippen LogP contribution in [0.2, 0.25) is 0 Å². The molecule has 0 aliphatic carbocycles. The maximum atomic E-state index is 12.5. The molecular weight excluding hydrogens is 376 g/mol. The Morgan fingerprint density at radius 1 is 1.00 bits per heavy atom. The van der Waals surface area contributed by atoms with Crippen molar-refractivity contribution in [2.45, 2.75) is 6.92 Å². The lowest BCUT2D eigenvalue weighted by molar-refractivity contribution is 0.0735. The molecule has 0 aliphatic rings. The highest BCUT2D eigenvalue weighted by molar-refractivity contribution is 7.16. The summed E-state index contributed by atoms with van der Waals surface area (Å²) in [6, 6.07) is 17.9. The number of benzene rings is 3. The Morgan fingerprint density at radius 2 is 1.82 bits per heavy atom. The van der Waals surface area contributed by atoms with Crippen molar-refractivity contribution in [2.75, 3.05) is 7.11 Å². The monoisotopic (exact) mass is 392 g/mol. The number of aryl methyl sites for hydroxylation is 1. The summed E-state index contributed by atoms with van der Waals surface area (Å²) >= 11 is 0.966. The van der Waals surface area contributed by atoms with E-state index in [9.17, 15) is 9.59 Å². The van der Waals surface area contributed by atoms with Crippen LogP contribution in [0.4, 0.5) is 0 Å². The maximum Gasteiger partial charge on any atom is 0.396 e. The van der Waals surface area contributed by atoms with Crippen LogP contribution < -0.4 is 14.4 Å². The van der Waals surface area contributed by atoms with Crippen LogP contribution in [0.15, 0.2) is 69.9 Å². The lowest BCUT2D eigenvalue weighted by Gasteiger charge is -2.09. The van der Waals surface area contributed by atoms with Crippen molar-refractivity contribution in [1.82, 2.24) is 0 Å². The minimum Gasteiger partial charge on any atom is -0.497 e. The van der Waals surface area contributed by atoms with Gasteiger partial charge in [0.05, 0.1) is 17.4 Å². The average molecular weight is 392 g/mol. The number of carbonyl (C=O) groups is 1. The molecule has 1 heterocycles.